The van der Waals surface area contributed by atoms with Crippen LogP contribution >= 0.6 is 0 Å². The van der Waals surface area contributed by atoms with Gasteiger partial charge < -0.3 is 30.5 Å². The van der Waals surface area contributed by atoms with Gasteiger partial charge in [0.2, 0.25) is 5.69 Å². The maximum atomic E-state index is 9.31. The van der Waals surface area contributed by atoms with Gasteiger partial charge in [-0.1, -0.05) is 12.1 Å². The van der Waals surface area contributed by atoms with E-state index in [-0.39, 0.29) is 30.9 Å². The van der Waals surface area contributed by atoms with Crippen LogP contribution in [-0.4, -0.2) is 65.6 Å². The Morgan fingerprint density at radius 3 is 3.03 bits per heavy atom. The third-order valence-corrected chi connectivity index (χ3v) is 4.70. The van der Waals surface area contributed by atoms with E-state index in [1.165, 1.54) is 6.20 Å². The molecule has 1 aromatic carbocycles. The molecule has 0 aliphatic carbocycles. The molecule has 0 unspecified atom stereocenters. The Hall–Kier alpha value is -3.52. The summed E-state index contributed by atoms with van der Waals surface area (Å²) in [7, 11) is 0. The predicted molar refractivity (Wildman–Crippen MR) is 115 cm³/mol. The minimum Gasteiger partial charge on any atom is -0.473 e. The summed E-state index contributed by atoms with van der Waals surface area (Å²) >= 11 is 0. The van der Waals surface area contributed by atoms with Gasteiger partial charge in [-0.2, -0.15) is 10.2 Å². The minimum atomic E-state index is -0.102. The number of anilines is 3. The summed E-state index contributed by atoms with van der Waals surface area (Å²) in [6, 6.07) is 9.73. The summed E-state index contributed by atoms with van der Waals surface area (Å²) in [4.78, 5) is 13.0. The van der Waals surface area contributed by atoms with Gasteiger partial charge in [0.25, 0.3) is 5.88 Å². The Morgan fingerprint density at radius 1 is 1.29 bits per heavy atom. The van der Waals surface area contributed by atoms with Crippen LogP contribution < -0.4 is 20.7 Å². The van der Waals surface area contributed by atoms with Crippen LogP contribution in [0.15, 0.2) is 36.7 Å². The average molecular weight is 421 g/mol. The van der Waals surface area contributed by atoms with E-state index in [4.69, 9.17) is 14.6 Å². The molecule has 0 bridgehead atoms. The fourth-order valence-electron chi connectivity index (χ4n) is 3.22. The zero-order valence-corrected chi connectivity index (χ0v) is 16.8. The van der Waals surface area contributed by atoms with E-state index in [9.17, 15) is 5.26 Å². The monoisotopic (exact) mass is 421 g/mol. The lowest BCUT2D eigenvalue weighted by Crippen LogP contribution is -2.41. The van der Waals surface area contributed by atoms with Crippen LogP contribution in [0.2, 0.25) is 0 Å². The first-order valence-electron chi connectivity index (χ1n) is 9.99. The number of aliphatic hydroxyl groups is 1. The Kier molecular flexibility index (Phi) is 6.68. The van der Waals surface area contributed by atoms with E-state index in [1.807, 2.05) is 30.3 Å². The van der Waals surface area contributed by atoms with Crippen molar-refractivity contribution >= 4 is 28.1 Å². The highest BCUT2D eigenvalue weighted by Crippen LogP contribution is 2.26. The van der Waals surface area contributed by atoms with Gasteiger partial charge >= 0.3 is 0 Å². The SMILES string of the molecule is N#Cc1ncc(Nc2cc3cccc(NCCO)c3cn2)nc1OC[C@H]1CNCCO1. The average Bonchev–Trinajstić information content (AvgIpc) is 2.82. The minimum absolute atomic E-state index is 0.0502. The lowest BCUT2D eigenvalue weighted by molar-refractivity contribution is -0.000858. The van der Waals surface area contributed by atoms with Gasteiger partial charge in [0.15, 0.2) is 5.82 Å². The Bertz CT molecular complexity index is 1080. The van der Waals surface area contributed by atoms with Gasteiger partial charge in [0.05, 0.1) is 19.4 Å². The topological polar surface area (TPSA) is 137 Å². The van der Waals surface area contributed by atoms with Gasteiger partial charge in [-0.3, -0.25) is 0 Å². The van der Waals surface area contributed by atoms with E-state index >= 15 is 0 Å². The molecule has 0 radical (unpaired) electrons. The molecule has 3 aromatic rings. The van der Waals surface area contributed by atoms with Gasteiger partial charge in [-0.15, -0.1) is 0 Å². The fraction of sp³-hybridized carbons (Fsp3) is 0.333. The highest BCUT2D eigenvalue weighted by atomic mass is 16.5. The Labute approximate surface area is 179 Å². The van der Waals surface area contributed by atoms with E-state index in [1.54, 1.807) is 6.20 Å². The van der Waals surface area contributed by atoms with Crippen LogP contribution in [0.4, 0.5) is 17.3 Å². The van der Waals surface area contributed by atoms with Crippen molar-refractivity contribution in [2.45, 2.75) is 6.10 Å². The lowest BCUT2D eigenvalue weighted by atomic mass is 10.1. The van der Waals surface area contributed by atoms with Crippen LogP contribution in [0, 0.1) is 11.3 Å². The van der Waals surface area contributed by atoms with Crippen LogP contribution in [0.5, 0.6) is 5.88 Å². The zero-order chi connectivity index (χ0) is 21.5. The molecule has 1 atom stereocenters. The molecule has 10 heteroatoms. The van der Waals surface area contributed by atoms with Crippen molar-refractivity contribution in [1.82, 2.24) is 20.3 Å². The lowest BCUT2D eigenvalue weighted by Gasteiger charge is -2.23. The largest absolute Gasteiger partial charge is 0.473 e. The first-order valence-corrected chi connectivity index (χ1v) is 9.99. The molecule has 0 saturated carbocycles. The number of aromatic nitrogens is 3. The van der Waals surface area contributed by atoms with Crippen LogP contribution in [0.1, 0.15) is 5.69 Å². The summed E-state index contributed by atoms with van der Waals surface area (Å²) in [5, 5.41) is 29.8. The van der Waals surface area contributed by atoms with Gasteiger partial charge in [0.1, 0.15) is 24.6 Å². The molecule has 0 spiro atoms. The standard InChI is InChI=1S/C21H23N7O3/c22-9-18-21(31-13-15-10-23-5-7-30-15)28-20(12-25-18)27-19-8-14-2-1-3-17(24-4-6-29)16(14)11-26-19/h1-3,8,11-12,15,23-24,29H,4-7,10,13H2,(H,26,27,28)/t15-/m1/s1. The first kappa shape index (κ1) is 20.7. The second kappa shape index (κ2) is 9.99. The number of aliphatic hydroxyl groups excluding tert-OH is 1. The Balaban J connectivity index is 1.50. The van der Waals surface area contributed by atoms with Crippen LogP contribution in [0.25, 0.3) is 10.8 Å². The maximum Gasteiger partial charge on any atom is 0.253 e. The summed E-state index contributed by atoms with van der Waals surface area (Å²) in [5.74, 6) is 1.15. The van der Waals surface area contributed by atoms with Crippen molar-refractivity contribution in [2.24, 2.45) is 0 Å². The normalized spacial score (nSPS) is 15.9. The number of morpholine rings is 1. The molecule has 4 rings (SSSR count). The second-order valence-corrected chi connectivity index (χ2v) is 6.90. The second-order valence-electron chi connectivity index (χ2n) is 6.90. The maximum absolute atomic E-state index is 9.31. The van der Waals surface area contributed by atoms with E-state index in [0.29, 0.717) is 31.3 Å². The number of nitrogens with one attached hydrogen (secondary N) is 3. The zero-order valence-electron chi connectivity index (χ0n) is 16.8. The van der Waals surface area contributed by atoms with E-state index in [2.05, 4.69) is 30.9 Å². The van der Waals surface area contributed by atoms with Crippen molar-refractivity contribution in [2.75, 3.05) is 50.1 Å². The molecule has 10 nitrogen and oxygen atoms in total. The number of benzene rings is 1. The predicted octanol–water partition coefficient (Wildman–Crippen LogP) is 1.41. The number of nitriles is 1. The molecule has 1 aliphatic heterocycles. The highest BCUT2D eigenvalue weighted by Gasteiger charge is 2.17. The number of pyridine rings is 1. The van der Waals surface area contributed by atoms with Gasteiger partial charge in [0, 0.05) is 36.9 Å². The summed E-state index contributed by atoms with van der Waals surface area (Å²) in [6.45, 7) is 2.91. The number of ether oxygens (including phenoxy) is 2. The van der Waals surface area contributed by atoms with E-state index in [0.717, 1.165) is 23.0 Å². The van der Waals surface area contributed by atoms with Crippen molar-refractivity contribution in [3.05, 3.63) is 42.4 Å². The molecule has 4 N–H and O–H groups in total. The van der Waals surface area contributed by atoms with E-state index < -0.39 is 0 Å². The van der Waals surface area contributed by atoms with Crippen LogP contribution in [-0.2, 0) is 4.74 Å². The smallest absolute Gasteiger partial charge is 0.253 e. The highest BCUT2D eigenvalue weighted by molar-refractivity contribution is 5.94. The molecule has 1 saturated heterocycles. The number of fused-ring (bicyclic) bond motifs is 1. The molecule has 3 heterocycles. The number of nitrogens with zero attached hydrogens (tertiary/aromatic N) is 4. The van der Waals surface area contributed by atoms with Crippen molar-refractivity contribution in [1.29, 1.82) is 5.26 Å². The Morgan fingerprint density at radius 2 is 2.23 bits per heavy atom. The molecule has 160 valence electrons. The molecule has 1 aliphatic rings. The first-order chi connectivity index (χ1) is 15.3. The molecule has 1 fully saturated rings. The number of hydrogen-bond acceptors (Lipinski definition) is 10. The molecular weight excluding hydrogens is 398 g/mol. The number of hydrogen-bond donors (Lipinski definition) is 4. The third-order valence-electron chi connectivity index (χ3n) is 4.70. The van der Waals surface area contributed by atoms with Crippen LogP contribution in [0.3, 0.4) is 0 Å². The summed E-state index contributed by atoms with van der Waals surface area (Å²) in [5.41, 5.74) is 1.01. The quantitative estimate of drug-likeness (QED) is 0.422. The summed E-state index contributed by atoms with van der Waals surface area (Å²) < 4.78 is 11.3. The molecular formula is C21H23N7O3. The van der Waals surface area contributed by atoms with Gasteiger partial charge in [-0.05, 0) is 17.5 Å². The van der Waals surface area contributed by atoms with Gasteiger partial charge in [-0.25, -0.2) is 9.97 Å². The van der Waals surface area contributed by atoms with Crippen molar-refractivity contribution in [3.63, 3.8) is 0 Å². The molecule has 31 heavy (non-hydrogen) atoms. The molecule has 0 amide bonds. The number of rotatable bonds is 8. The fourth-order valence-corrected chi connectivity index (χ4v) is 3.22. The molecule has 2 aromatic heterocycles. The van der Waals surface area contributed by atoms with Crippen molar-refractivity contribution < 1.29 is 14.6 Å². The summed E-state index contributed by atoms with van der Waals surface area (Å²) in [6.07, 6.45) is 3.11. The third kappa shape index (κ3) is 5.16. The van der Waals surface area contributed by atoms with Crippen molar-refractivity contribution in [3.8, 4) is 11.9 Å².